The van der Waals surface area contributed by atoms with Gasteiger partial charge in [0, 0.05) is 19.3 Å². The molecule has 0 aromatic heterocycles. The van der Waals surface area contributed by atoms with Crippen molar-refractivity contribution >= 4 is 17.9 Å². The number of rotatable bonds is 60. The molecule has 0 heterocycles. The third kappa shape index (κ3) is 61.7. The van der Waals surface area contributed by atoms with Gasteiger partial charge in [-0.2, -0.15) is 0 Å². The smallest absolute Gasteiger partial charge is 0.306 e. The minimum Gasteiger partial charge on any atom is -0.462 e. The second-order valence-electron chi connectivity index (χ2n) is 22.0. The molecule has 0 aliphatic rings. The molecule has 0 aliphatic carbocycles. The van der Waals surface area contributed by atoms with Gasteiger partial charge in [0.2, 0.25) is 0 Å². The van der Waals surface area contributed by atoms with E-state index in [1.807, 2.05) is 0 Å². The first-order valence-electron chi connectivity index (χ1n) is 32.9. The molecule has 0 aromatic carbocycles. The maximum atomic E-state index is 12.9. The van der Waals surface area contributed by atoms with E-state index in [4.69, 9.17) is 14.2 Å². The lowest BCUT2D eigenvalue weighted by atomic mass is 10.0. The van der Waals surface area contributed by atoms with E-state index in [0.29, 0.717) is 19.3 Å². The zero-order valence-corrected chi connectivity index (χ0v) is 50.5. The molecule has 76 heavy (non-hydrogen) atoms. The highest BCUT2D eigenvalue weighted by atomic mass is 16.6. The number of ether oxygens (including phenoxy) is 3. The fourth-order valence-corrected chi connectivity index (χ4v) is 9.49. The van der Waals surface area contributed by atoms with Gasteiger partial charge in [-0.1, -0.05) is 286 Å². The van der Waals surface area contributed by atoms with Crippen molar-refractivity contribution in [2.24, 2.45) is 0 Å². The molecule has 0 bridgehead atoms. The normalized spacial score (nSPS) is 12.5. The summed E-state index contributed by atoms with van der Waals surface area (Å²) in [5.74, 6) is -0.909. The van der Waals surface area contributed by atoms with E-state index in [-0.39, 0.29) is 31.1 Å². The number of hydrogen-bond donors (Lipinski definition) is 0. The minimum atomic E-state index is -0.791. The van der Waals surface area contributed by atoms with E-state index in [1.54, 1.807) is 0 Å². The third-order valence-electron chi connectivity index (χ3n) is 14.4. The first kappa shape index (κ1) is 72.8. The molecule has 0 fully saturated rings. The van der Waals surface area contributed by atoms with Crippen molar-refractivity contribution in [3.63, 3.8) is 0 Å². The van der Waals surface area contributed by atoms with Crippen molar-refractivity contribution in [2.75, 3.05) is 13.2 Å². The Hall–Kier alpha value is -3.15. The molecule has 0 radical (unpaired) electrons. The first-order valence-corrected chi connectivity index (χ1v) is 32.9. The predicted octanol–water partition coefficient (Wildman–Crippen LogP) is 22.5. The molecule has 0 N–H and O–H groups in total. The lowest BCUT2D eigenvalue weighted by Gasteiger charge is -2.18. The van der Waals surface area contributed by atoms with Crippen LogP contribution in [0.25, 0.3) is 0 Å². The predicted molar refractivity (Wildman–Crippen MR) is 330 cm³/mol. The lowest BCUT2D eigenvalue weighted by molar-refractivity contribution is -0.167. The fourth-order valence-electron chi connectivity index (χ4n) is 9.49. The van der Waals surface area contributed by atoms with Gasteiger partial charge in [-0.25, -0.2) is 0 Å². The van der Waals surface area contributed by atoms with E-state index in [9.17, 15) is 14.4 Å². The zero-order chi connectivity index (χ0) is 55.0. The van der Waals surface area contributed by atoms with Gasteiger partial charge in [-0.15, -0.1) is 0 Å². The van der Waals surface area contributed by atoms with Crippen LogP contribution >= 0.6 is 0 Å². The summed E-state index contributed by atoms with van der Waals surface area (Å²) >= 11 is 0. The Morgan fingerprint density at radius 3 is 0.868 bits per heavy atom. The van der Waals surface area contributed by atoms with Crippen LogP contribution in [0.15, 0.2) is 72.9 Å². The van der Waals surface area contributed by atoms with Crippen LogP contribution in [0.1, 0.15) is 335 Å². The molecule has 0 aromatic rings. The number of allylic oxidation sites excluding steroid dienone is 12. The van der Waals surface area contributed by atoms with Crippen LogP contribution < -0.4 is 0 Å². The molecule has 0 aliphatic heterocycles. The summed E-state index contributed by atoms with van der Waals surface area (Å²) in [6.45, 7) is 6.47. The molecule has 1 atom stereocenters. The van der Waals surface area contributed by atoms with Gasteiger partial charge in [0.25, 0.3) is 0 Å². The quantitative estimate of drug-likeness (QED) is 0.0261. The highest BCUT2D eigenvalue weighted by Crippen LogP contribution is 2.17. The number of carbonyl (C=O) groups excluding carboxylic acids is 3. The maximum absolute atomic E-state index is 12.9. The SMILES string of the molecule is CC/C=C\C/C=C\C/C=C\C/C=C\CCCCCCC(=O)OC(COC(=O)CCCCCCC/C=C\CCC)COC(=O)CCCCCCCCCCCCCCCCCCCCC/C=C\CCCCCCCCCC. The fraction of sp³-hybridized carbons (Fsp3) is 0.786. The Labute approximate surface area is 472 Å². The molecule has 0 saturated heterocycles. The van der Waals surface area contributed by atoms with Crippen LogP contribution in [0.2, 0.25) is 0 Å². The van der Waals surface area contributed by atoms with Crippen molar-refractivity contribution in [3.05, 3.63) is 72.9 Å². The molecular formula is C70H124O6. The Morgan fingerprint density at radius 2 is 0.539 bits per heavy atom. The second kappa shape index (κ2) is 64.4. The topological polar surface area (TPSA) is 78.9 Å². The number of carbonyl (C=O) groups is 3. The molecule has 0 amide bonds. The Kier molecular flexibility index (Phi) is 61.7. The summed E-state index contributed by atoms with van der Waals surface area (Å²) in [5.41, 5.74) is 0. The highest BCUT2D eigenvalue weighted by Gasteiger charge is 2.19. The van der Waals surface area contributed by atoms with Gasteiger partial charge < -0.3 is 14.2 Å². The first-order chi connectivity index (χ1) is 37.5. The van der Waals surface area contributed by atoms with Crippen molar-refractivity contribution < 1.29 is 28.6 Å². The van der Waals surface area contributed by atoms with Gasteiger partial charge in [-0.3, -0.25) is 14.4 Å². The highest BCUT2D eigenvalue weighted by molar-refractivity contribution is 5.71. The van der Waals surface area contributed by atoms with Gasteiger partial charge in [0.05, 0.1) is 0 Å². The summed E-state index contributed by atoms with van der Waals surface area (Å²) < 4.78 is 16.9. The molecule has 0 saturated carbocycles. The van der Waals surface area contributed by atoms with Crippen LogP contribution in [0.4, 0.5) is 0 Å². The Morgan fingerprint density at radius 1 is 0.276 bits per heavy atom. The minimum absolute atomic E-state index is 0.0858. The van der Waals surface area contributed by atoms with E-state index in [1.165, 1.54) is 186 Å². The van der Waals surface area contributed by atoms with E-state index in [0.717, 1.165) is 109 Å². The van der Waals surface area contributed by atoms with Crippen LogP contribution in [-0.2, 0) is 28.6 Å². The Bertz CT molecular complexity index is 1400. The van der Waals surface area contributed by atoms with Gasteiger partial charge in [0.15, 0.2) is 6.10 Å². The van der Waals surface area contributed by atoms with Crippen molar-refractivity contribution in [3.8, 4) is 0 Å². The second-order valence-corrected chi connectivity index (χ2v) is 22.0. The lowest BCUT2D eigenvalue weighted by Crippen LogP contribution is -2.30. The molecule has 6 nitrogen and oxygen atoms in total. The number of hydrogen-bond acceptors (Lipinski definition) is 6. The molecule has 440 valence electrons. The van der Waals surface area contributed by atoms with Crippen LogP contribution in [0.3, 0.4) is 0 Å². The summed E-state index contributed by atoms with van der Waals surface area (Å²) in [6, 6.07) is 0. The standard InChI is InChI=1S/C70H124O6/c1-4-7-10-13-16-19-22-24-26-28-29-30-31-32-33-34-35-36-37-38-39-40-41-43-44-46-48-51-54-57-60-63-69(72)75-66-67(65-74-68(71)62-59-56-53-50-21-18-15-12-9-6-3)76-70(73)64-61-58-55-52-49-47-45-42-27-25-23-20-17-14-11-8-5-2/h8,11-12,15,17,20,25,27-29,45,47,67H,4-7,9-10,13-14,16,18-19,21-24,26,30-44,46,48-66H2,1-3H3/b11-8-,15-12-,20-17-,27-25-,29-28-,47-45-. The molecule has 6 heteroatoms. The molecule has 0 rings (SSSR count). The monoisotopic (exact) mass is 1060 g/mol. The largest absolute Gasteiger partial charge is 0.462 e. The van der Waals surface area contributed by atoms with Crippen molar-refractivity contribution in [1.82, 2.24) is 0 Å². The Balaban J connectivity index is 4.12. The van der Waals surface area contributed by atoms with Gasteiger partial charge in [-0.05, 0) is 103 Å². The molecule has 1 unspecified atom stereocenters. The van der Waals surface area contributed by atoms with Crippen molar-refractivity contribution in [1.29, 1.82) is 0 Å². The summed E-state index contributed by atoms with van der Waals surface area (Å²) in [5, 5.41) is 0. The average Bonchev–Trinajstić information content (AvgIpc) is 3.42. The van der Waals surface area contributed by atoms with Gasteiger partial charge >= 0.3 is 17.9 Å². The van der Waals surface area contributed by atoms with Crippen LogP contribution in [-0.4, -0.2) is 37.2 Å². The van der Waals surface area contributed by atoms with Crippen molar-refractivity contribution in [2.45, 2.75) is 341 Å². The average molecular weight is 1060 g/mol. The molecular weight excluding hydrogens is 937 g/mol. The summed E-state index contributed by atoms with van der Waals surface area (Å²) in [4.78, 5) is 38.2. The van der Waals surface area contributed by atoms with Crippen LogP contribution in [0.5, 0.6) is 0 Å². The van der Waals surface area contributed by atoms with E-state index < -0.39 is 6.10 Å². The summed E-state index contributed by atoms with van der Waals surface area (Å²) in [6.07, 6.45) is 83.7. The zero-order valence-electron chi connectivity index (χ0n) is 50.5. The van der Waals surface area contributed by atoms with E-state index in [2.05, 4.69) is 93.7 Å². The number of unbranched alkanes of at least 4 members (excludes halogenated alkanes) is 37. The van der Waals surface area contributed by atoms with Crippen LogP contribution in [0, 0.1) is 0 Å². The summed E-state index contributed by atoms with van der Waals surface area (Å²) in [7, 11) is 0. The molecule has 0 spiro atoms. The maximum Gasteiger partial charge on any atom is 0.306 e. The number of esters is 3. The third-order valence-corrected chi connectivity index (χ3v) is 14.4. The van der Waals surface area contributed by atoms with E-state index >= 15 is 0 Å². The van der Waals surface area contributed by atoms with Gasteiger partial charge in [0.1, 0.15) is 13.2 Å².